The number of halogens is 4. The van der Waals surface area contributed by atoms with Gasteiger partial charge in [-0.1, -0.05) is 108 Å². The molecule has 0 spiro atoms. The topological polar surface area (TPSA) is 180 Å². The predicted molar refractivity (Wildman–Crippen MR) is 257 cm³/mol. The van der Waals surface area contributed by atoms with Gasteiger partial charge in [0.25, 0.3) is 11.1 Å². The van der Waals surface area contributed by atoms with Crippen LogP contribution in [0, 0.1) is 0 Å². The molecule has 4 aromatic heterocycles. The molecular weight excluding hydrogens is 909 g/mol. The predicted octanol–water partition coefficient (Wildman–Crippen LogP) is 5.23. The van der Waals surface area contributed by atoms with Gasteiger partial charge in [0, 0.05) is 90.5 Å². The normalized spacial score (nSPS) is 10.8. The summed E-state index contributed by atoms with van der Waals surface area (Å²) in [6.45, 7) is 3.39. The molecule has 0 saturated heterocycles. The summed E-state index contributed by atoms with van der Waals surface area (Å²) >= 11 is 24.5. The van der Waals surface area contributed by atoms with Gasteiger partial charge in [-0.2, -0.15) is 0 Å². The number of aliphatic hydroxyl groups excluding tert-OH is 1. The van der Waals surface area contributed by atoms with Crippen LogP contribution < -0.4 is 41.4 Å². The van der Waals surface area contributed by atoms with E-state index in [1.165, 1.54) is 13.7 Å². The first-order valence-corrected chi connectivity index (χ1v) is 21.6. The van der Waals surface area contributed by atoms with Crippen molar-refractivity contribution in [2.45, 2.75) is 52.4 Å². The molecule has 65 heavy (non-hydrogen) atoms. The summed E-state index contributed by atoms with van der Waals surface area (Å²) in [7, 11) is 3.37. The summed E-state index contributed by atoms with van der Waals surface area (Å²) in [4.78, 5) is 52.8. The number of aromatic nitrogens is 6. The third kappa shape index (κ3) is 11.2. The number of hydrogen-bond donors (Lipinski definition) is 1. The molecule has 0 aliphatic rings. The number of fused-ring (bicyclic) bond motifs is 2. The summed E-state index contributed by atoms with van der Waals surface area (Å²) in [5, 5.41) is 11.6. The fraction of sp³-hybridized carbons (Fsp3) is 0.234. The zero-order valence-corrected chi connectivity index (χ0v) is 39.3. The third-order valence-corrected chi connectivity index (χ3v) is 11.8. The van der Waals surface area contributed by atoms with Crippen molar-refractivity contribution in [2.75, 3.05) is 6.61 Å². The van der Waals surface area contributed by atoms with Gasteiger partial charge in [-0.05, 0) is 83.6 Å². The van der Waals surface area contributed by atoms with Crippen LogP contribution in [-0.4, -0.2) is 50.1 Å². The SMILES string of the molecule is CCCCn1c(=O)c2c(c(-c3cccc(Cl)c3)cn2Cc2ccc(Cl)cc2)n(C)c1=O.Cn1c(=O)n(CCCO)c(=O)c2c1c(-c1cccc(Cl)c1)cn2Cc1ccc(Cl)cc1.O.[Li+].[OH-]. The van der Waals surface area contributed by atoms with E-state index in [0.717, 1.165) is 46.2 Å². The van der Waals surface area contributed by atoms with Crippen LogP contribution in [-0.2, 0) is 40.3 Å². The first kappa shape index (κ1) is 52.6. The van der Waals surface area contributed by atoms with Crippen LogP contribution in [0.3, 0.4) is 0 Å². The minimum absolute atomic E-state index is 0. The van der Waals surface area contributed by atoms with Crippen molar-refractivity contribution in [3.05, 3.63) is 182 Å². The molecule has 336 valence electrons. The molecule has 4 aromatic carbocycles. The Morgan fingerprint density at radius 1 is 0.538 bits per heavy atom. The molecule has 0 bridgehead atoms. The van der Waals surface area contributed by atoms with E-state index in [1.807, 2.05) is 101 Å². The van der Waals surface area contributed by atoms with E-state index < -0.39 is 5.69 Å². The monoisotopic (exact) mass is 954 g/mol. The fourth-order valence-corrected chi connectivity index (χ4v) is 8.33. The van der Waals surface area contributed by atoms with E-state index in [1.54, 1.807) is 42.9 Å². The van der Waals surface area contributed by atoms with Crippen molar-refractivity contribution in [2.24, 2.45) is 14.1 Å². The van der Waals surface area contributed by atoms with Crippen LogP contribution >= 0.6 is 46.4 Å². The second-order valence-corrected chi connectivity index (χ2v) is 16.8. The minimum Gasteiger partial charge on any atom is -0.870 e. The number of nitrogens with zero attached hydrogens (tertiary/aromatic N) is 6. The Labute approximate surface area is 406 Å². The van der Waals surface area contributed by atoms with Crippen LogP contribution in [0.25, 0.3) is 44.3 Å². The van der Waals surface area contributed by atoms with Gasteiger partial charge in [-0.3, -0.25) is 27.9 Å². The van der Waals surface area contributed by atoms with Crippen LogP contribution in [0.15, 0.2) is 129 Å². The summed E-state index contributed by atoms with van der Waals surface area (Å²) in [6, 6.07) is 29.7. The average Bonchev–Trinajstić information content (AvgIpc) is 3.83. The molecule has 0 saturated carbocycles. The van der Waals surface area contributed by atoms with Gasteiger partial charge in [-0.25, -0.2) is 9.59 Å². The number of rotatable bonds is 12. The maximum absolute atomic E-state index is 13.5. The van der Waals surface area contributed by atoms with Crippen molar-refractivity contribution < 1.29 is 34.9 Å². The van der Waals surface area contributed by atoms with Gasteiger partial charge in [0.15, 0.2) is 0 Å². The van der Waals surface area contributed by atoms with Crippen molar-refractivity contribution in [1.82, 2.24) is 27.4 Å². The van der Waals surface area contributed by atoms with Crippen LogP contribution in [0.4, 0.5) is 0 Å². The Morgan fingerprint density at radius 3 is 1.28 bits per heavy atom. The van der Waals surface area contributed by atoms with Crippen LogP contribution in [0.2, 0.25) is 20.1 Å². The summed E-state index contributed by atoms with van der Waals surface area (Å²) in [5.41, 5.74) is 5.89. The zero-order valence-electron chi connectivity index (χ0n) is 36.3. The number of aliphatic hydroxyl groups is 1. The molecule has 4 N–H and O–H groups in total. The molecule has 8 aromatic rings. The molecule has 0 aliphatic heterocycles. The smallest absolute Gasteiger partial charge is 0.870 e. The third-order valence-electron chi connectivity index (χ3n) is 10.8. The first-order valence-electron chi connectivity index (χ1n) is 20.1. The molecule has 0 amide bonds. The molecular formula is C47H47Cl4LiN6O7. The standard InChI is InChI=1S/C24H23Cl2N3O2.C23H21Cl2N3O3.Li.2H2O/c1-3-4-12-29-23(30)22-21(27(2)24(29)31)20(17-6-5-7-19(26)13-17)15-28(22)14-16-8-10-18(25)11-9-16;1-26-20-19(16-4-2-5-18(25)12-16)14-27(13-15-6-8-17(24)9-7-15)21(20)22(30)28(23(26)31)10-3-11-29;;;/h5-11,13,15H,3-4,12,14H2,1-2H3;2,4-9,12,14,29H,3,10-11,13H2,1H3;;2*1H2/q;;+1;;/p-1. The summed E-state index contributed by atoms with van der Waals surface area (Å²) in [6.07, 6.45) is 5.78. The Bertz CT molecular complexity index is 2960. The Morgan fingerprint density at radius 2 is 0.923 bits per heavy atom. The van der Waals surface area contributed by atoms with Crippen molar-refractivity contribution in [1.29, 1.82) is 0 Å². The summed E-state index contributed by atoms with van der Waals surface area (Å²) < 4.78 is 9.35. The molecule has 0 fully saturated rings. The molecule has 13 nitrogen and oxygen atoms in total. The Balaban J connectivity index is 0.000000272. The van der Waals surface area contributed by atoms with Crippen LogP contribution in [0.5, 0.6) is 0 Å². The van der Waals surface area contributed by atoms with Crippen LogP contribution in [0.1, 0.15) is 37.3 Å². The quantitative estimate of drug-likeness (QED) is 0.164. The molecule has 4 heterocycles. The second kappa shape index (κ2) is 22.9. The molecule has 18 heteroatoms. The van der Waals surface area contributed by atoms with Gasteiger partial charge in [0.05, 0.1) is 11.0 Å². The maximum atomic E-state index is 13.5. The van der Waals surface area contributed by atoms with Gasteiger partial charge in [0.1, 0.15) is 11.0 Å². The summed E-state index contributed by atoms with van der Waals surface area (Å²) in [5.74, 6) is 0. The van der Waals surface area contributed by atoms with Gasteiger partial charge in [-0.15, -0.1) is 0 Å². The van der Waals surface area contributed by atoms with Crippen molar-refractivity contribution in [3.63, 3.8) is 0 Å². The Hall–Kier alpha value is -5.04. The average molecular weight is 957 g/mol. The van der Waals surface area contributed by atoms with E-state index in [4.69, 9.17) is 46.4 Å². The van der Waals surface area contributed by atoms with Crippen molar-refractivity contribution >= 4 is 68.5 Å². The minimum atomic E-state index is -0.418. The number of hydrogen-bond acceptors (Lipinski definition) is 6. The van der Waals surface area contributed by atoms with E-state index in [0.29, 0.717) is 68.2 Å². The number of benzene rings is 4. The van der Waals surface area contributed by atoms with Gasteiger partial charge >= 0.3 is 30.2 Å². The van der Waals surface area contributed by atoms with E-state index >= 15 is 0 Å². The number of unbranched alkanes of at least 4 members (excludes halogenated alkanes) is 1. The van der Waals surface area contributed by atoms with E-state index in [9.17, 15) is 24.3 Å². The van der Waals surface area contributed by atoms with E-state index in [2.05, 4.69) is 0 Å². The second-order valence-electron chi connectivity index (χ2n) is 15.0. The number of aryl methyl sites for hydroxylation is 2. The van der Waals surface area contributed by atoms with Gasteiger partial charge in [0.2, 0.25) is 0 Å². The first-order chi connectivity index (χ1) is 29.8. The van der Waals surface area contributed by atoms with Gasteiger partial charge < -0.3 is 25.2 Å². The molecule has 0 atom stereocenters. The molecule has 0 radical (unpaired) electrons. The van der Waals surface area contributed by atoms with E-state index in [-0.39, 0.29) is 59.8 Å². The largest absolute Gasteiger partial charge is 1.00 e. The molecule has 0 unspecified atom stereocenters. The molecule has 0 aliphatic carbocycles. The molecule has 8 rings (SSSR count). The maximum Gasteiger partial charge on any atom is 1.00 e. The Kier molecular flexibility index (Phi) is 18.5. The zero-order chi connectivity index (χ0) is 44.2. The fourth-order valence-electron chi connectivity index (χ4n) is 7.70. The van der Waals surface area contributed by atoms with Crippen molar-refractivity contribution in [3.8, 4) is 22.3 Å².